The van der Waals surface area contributed by atoms with Gasteiger partial charge >= 0.3 is 20.6 Å². The zero-order valence-electron chi connectivity index (χ0n) is 20.2. The molecule has 1 atom stereocenters. The van der Waals surface area contributed by atoms with E-state index in [-0.39, 0.29) is 25.2 Å². The van der Waals surface area contributed by atoms with E-state index in [2.05, 4.69) is 6.92 Å². The van der Waals surface area contributed by atoms with Crippen LogP contribution in [0.3, 0.4) is 0 Å². The molecule has 0 aliphatic carbocycles. The van der Waals surface area contributed by atoms with Crippen LogP contribution in [0.25, 0.3) is 0 Å². The van der Waals surface area contributed by atoms with Crippen molar-refractivity contribution in [1.82, 2.24) is 0 Å². The molecule has 0 aromatic heterocycles. The Morgan fingerprint density at radius 3 is 1.75 bits per heavy atom. The average Bonchev–Trinajstić information content (AvgIpc) is 2.79. The highest BCUT2D eigenvalue weighted by molar-refractivity contribution is 7.17. The molecule has 0 aliphatic rings. The van der Waals surface area contributed by atoms with Gasteiger partial charge in [0.05, 0.1) is 0 Å². The molecule has 188 valence electrons. The van der Waals surface area contributed by atoms with Crippen LogP contribution in [0.15, 0.2) is 0 Å². The van der Waals surface area contributed by atoms with Gasteiger partial charge in [0.25, 0.3) is 0 Å². The normalized spacial score (nSPS) is 12.1. The van der Waals surface area contributed by atoms with Gasteiger partial charge in [0, 0.05) is 12.8 Å². The Kier molecular flexibility index (Phi) is 23.8. The molecule has 0 aromatic carbocycles. The van der Waals surface area contributed by atoms with E-state index in [9.17, 15) is 14.2 Å². The van der Waals surface area contributed by atoms with E-state index < -0.39 is 14.8 Å². The highest BCUT2D eigenvalue weighted by Gasteiger charge is 2.17. The summed E-state index contributed by atoms with van der Waals surface area (Å²) in [6.45, 7) is 2.80. The van der Waals surface area contributed by atoms with Crippen molar-refractivity contribution in [2.24, 2.45) is 5.73 Å². The molecule has 32 heavy (non-hydrogen) atoms. The molecular weight excluding hydrogens is 429 g/mol. The van der Waals surface area contributed by atoms with Crippen LogP contribution in [-0.2, 0) is 28.2 Å². The van der Waals surface area contributed by atoms with Crippen LogP contribution < -0.4 is 5.73 Å². The van der Waals surface area contributed by atoms with Gasteiger partial charge in [0.1, 0.15) is 13.2 Å². The zero-order chi connectivity index (χ0) is 23.7. The Morgan fingerprint density at radius 2 is 1.22 bits per heavy atom. The third-order valence-corrected chi connectivity index (χ3v) is 5.62. The molecule has 2 N–H and O–H groups in total. The average molecular weight is 476 g/mol. The van der Waals surface area contributed by atoms with Crippen molar-refractivity contribution in [3.8, 4) is 0 Å². The van der Waals surface area contributed by atoms with Crippen molar-refractivity contribution in [1.29, 1.82) is 0 Å². The summed E-state index contributed by atoms with van der Waals surface area (Å²) in [5.41, 5.74) is 5.49. The minimum atomic E-state index is -0.728. The van der Waals surface area contributed by atoms with Crippen molar-refractivity contribution in [3.63, 3.8) is 0 Å². The van der Waals surface area contributed by atoms with Gasteiger partial charge in [-0.1, -0.05) is 84.0 Å². The van der Waals surface area contributed by atoms with Crippen LogP contribution >= 0.6 is 8.69 Å². The molecule has 0 fully saturated rings. The second-order valence-corrected chi connectivity index (χ2v) is 8.81. The minimum absolute atomic E-state index is 0.0634. The molecule has 0 heterocycles. The molecule has 0 bridgehead atoms. The molecule has 0 saturated heterocycles. The summed E-state index contributed by atoms with van der Waals surface area (Å²) in [4.78, 5) is 23.9. The molecule has 0 unspecified atom stereocenters. The van der Waals surface area contributed by atoms with E-state index in [0.29, 0.717) is 12.8 Å². The SMILES string of the molecule is CCCCCCCC(=O)O[C@H](COP=O)COC(=O)CCCCCCCCCCCCN. The third-order valence-electron chi connectivity index (χ3n) is 5.36. The Morgan fingerprint density at radius 1 is 0.719 bits per heavy atom. The monoisotopic (exact) mass is 475 g/mol. The summed E-state index contributed by atoms with van der Waals surface area (Å²) >= 11 is 0. The van der Waals surface area contributed by atoms with E-state index in [1.165, 1.54) is 44.9 Å². The van der Waals surface area contributed by atoms with E-state index in [0.717, 1.165) is 57.9 Å². The second-order valence-electron chi connectivity index (χ2n) is 8.40. The fraction of sp³-hybridized carbons (Fsp3) is 0.917. The van der Waals surface area contributed by atoms with Gasteiger partial charge in [0.2, 0.25) is 0 Å². The summed E-state index contributed by atoms with van der Waals surface area (Å²) in [6, 6.07) is 0. The summed E-state index contributed by atoms with van der Waals surface area (Å²) in [5.74, 6) is -0.640. The third kappa shape index (κ3) is 22.2. The van der Waals surface area contributed by atoms with Gasteiger partial charge in [-0.3, -0.25) is 14.1 Å². The number of ether oxygens (including phenoxy) is 2. The number of carbonyl (C=O) groups excluding carboxylic acids is 2. The Hall–Kier alpha value is -1.04. The lowest BCUT2D eigenvalue weighted by atomic mass is 10.1. The molecule has 0 aromatic rings. The number of esters is 2. The number of unbranched alkanes of at least 4 members (excludes halogenated alkanes) is 13. The summed E-state index contributed by atoms with van der Waals surface area (Å²) in [7, 11) is -0.490. The van der Waals surface area contributed by atoms with Crippen molar-refractivity contribution < 1.29 is 28.2 Å². The molecule has 0 spiro atoms. The minimum Gasteiger partial charge on any atom is -0.462 e. The maximum atomic E-state index is 12.0. The number of hydrogen-bond acceptors (Lipinski definition) is 7. The summed E-state index contributed by atoms with van der Waals surface area (Å²) in [5, 5.41) is 0. The first-order valence-corrected chi connectivity index (χ1v) is 13.4. The molecule has 0 saturated carbocycles. The van der Waals surface area contributed by atoms with Crippen LogP contribution in [0.2, 0.25) is 0 Å². The topological polar surface area (TPSA) is 105 Å². The lowest BCUT2D eigenvalue weighted by molar-refractivity contribution is -0.160. The summed E-state index contributed by atoms with van der Waals surface area (Å²) < 4.78 is 25.9. The van der Waals surface area contributed by atoms with Crippen LogP contribution in [0, 0.1) is 0 Å². The fourth-order valence-corrected chi connectivity index (χ4v) is 3.66. The van der Waals surface area contributed by atoms with Gasteiger partial charge in [-0.05, 0) is 25.8 Å². The molecule has 0 amide bonds. The number of rotatable bonds is 24. The zero-order valence-corrected chi connectivity index (χ0v) is 21.1. The largest absolute Gasteiger partial charge is 0.462 e. The van der Waals surface area contributed by atoms with E-state index in [1.54, 1.807) is 0 Å². The lowest BCUT2D eigenvalue weighted by Gasteiger charge is -2.16. The molecule has 0 radical (unpaired) electrons. The Labute approximate surface area is 196 Å². The number of carbonyl (C=O) groups is 2. The molecule has 0 rings (SSSR count). The van der Waals surface area contributed by atoms with Crippen LogP contribution in [0.4, 0.5) is 0 Å². The van der Waals surface area contributed by atoms with Gasteiger partial charge in [0.15, 0.2) is 6.10 Å². The van der Waals surface area contributed by atoms with Crippen LogP contribution in [0.5, 0.6) is 0 Å². The highest BCUT2D eigenvalue weighted by Crippen LogP contribution is 2.12. The standard InChI is InChI=1S/C24H46NO6P/c1-2-3-4-11-15-18-24(27)31-22(21-30-32-28)20-29-23(26)17-14-12-9-7-5-6-8-10-13-16-19-25/h22H,2-21,25H2,1H3/t22-/m0/s1. The van der Waals surface area contributed by atoms with Gasteiger partial charge < -0.3 is 15.2 Å². The maximum Gasteiger partial charge on any atom is 0.327 e. The molecule has 7 nitrogen and oxygen atoms in total. The predicted molar refractivity (Wildman–Crippen MR) is 128 cm³/mol. The van der Waals surface area contributed by atoms with Gasteiger partial charge in [-0.15, -0.1) is 0 Å². The Bertz CT molecular complexity index is 464. The molecule has 0 aliphatic heterocycles. The molecular formula is C24H46NO6P. The van der Waals surface area contributed by atoms with E-state index in [1.807, 2.05) is 0 Å². The van der Waals surface area contributed by atoms with Crippen molar-refractivity contribution in [3.05, 3.63) is 0 Å². The van der Waals surface area contributed by atoms with Gasteiger partial charge in [-0.25, -0.2) is 4.57 Å². The second kappa shape index (κ2) is 24.6. The predicted octanol–water partition coefficient (Wildman–Crippen LogP) is 6.28. The van der Waals surface area contributed by atoms with E-state index in [4.69, 9.17) is 19.7 Å². The number of nitrogens with two attached hydrogens (primary N) is 1. The first-order valence-electron chi connectivity index (χ1n) is 12.6. The smallest absolute Gasteiger partial charge is 0.327 e. The summed E-state index contributed by atoms with van der Waals surface area (Å²) in [6.07, 6.45) is 16.7. The first kappa shape index (κ1) is 31.0. The lowest BCUT2D eigenvalue weighted by Crippen LogP contribution is -2.28. The van der Waals surface area contributed by atoms with Crippen molar-refractivity contribution in [2.45, 2.75) is 122 Å². The van der Waals surface area contributed by atoms with E-state index >= 15 is 0 Å². The van der Waals surface area contributed by atoms with Gasteiger partial charge in [-0.2, -0.15) is 0 Å². The van der Waals surface area contributed by atoms with Crippen LogP contribution in [0.1, 0.15) is 116 Å². The quantitative estimate of drug-likeness (QED) is 0.0995. The Balaban J connectivity index is 3.81. The first-order chi connectivity index (χ1) is 15.6. The highest BCUT2D eigenvalue weighted by atomic mass is 31.1. The van der Waals surface area contributed by atoms with Crippen molar-refractivity contribution in [2.75, 3.05) is 19.8 Å². The molecule has 8 heteroatoms. The van der Waals surface area contributed by atoms with Crippen molar-refractivity contribution >= 4 is 20.6 Å². The maximum absolute atomic E-state index is 12.0. The fourth-order valence-electron chi connectivity index (χ4n) is 3.43. The van der Waals surface area contributed by atoms with Crippen LogP contribution in [-0.4, -0.2) is 37.8 Å². The number of hydrogen-bond donors (Lipinski definition) is 1.